The first-order chi connectivity index (χ1) is 19.0. The topological polar surface area (TPSA) is 120 Å². The maximum Gasteiger partial charge on any atom is 0.202 e. The average Bonchev–Trinajstić information content (AvgIpc) is 3.25. The number of fused-ring (bicyclic) bond motifs is 2. The summed E-state index contributed by atoms with van der Waals surface area (Å²) in [6.07, 6.45) is 5.34. The molecule has 4 atom stereocenters. The van der Waals surface area contributed by atoms with Crippen LogP contribution in [0.25, 0.3) is 22.4 Å². The molecule has 4 aromatic rings. The van der Waals surface area contributed by atoms with Gasteiger partial charge in [-0.3, -0.25) is 5.10 Å². The number of anilines is 2. The summed E-state index contributed by atoms with van der Waals surface area (Å²) in [4.78, 5) is 18.4. The Hall–Kier alpha value is -3.34. The van der Waals surface area contributed by atoms with Crippen LogP contribution in [0.4, 0.5) is 16.0 Å². The van der Waals surface area contributed by atoms with Gasteiger partial charge in [-0.2, -0.15) is 5.10 Å². The van der Waals surface area contributed by atoms with E-state index in [4.69, 9.17) is 27.3 Å². The number of nitrogens with one attached hydrogen (secondary N) is 1. The fourth-order valence-electron chi connectivity index (χ4n) is 6.98. The number of halogens is 2. The zero-order valence-electron chi connectivity index (χ0n) is 21.4. The van der Waals surface area contributed by atoms with Gasteiger partial charge in [0.2, 0.25) is 5.65 Å². The fourth-order valence-corrected chi connectivity index (χ4v) is 7.31. The number of benzene rings is 1. The van der Waals surface area contributed by atoms with Crippen LogP contribution in [0.5, 0.6) is 0 Å². The van der Waals surface area contributed by atoms with E-state index in [1.54, 1.807) is 18.5 Å². The minimum absolute atomic E-state index is 0.158. The van der Waals surface area contributed by atoms with E-state index < -0.39 is 0 Å². The van der Waals surface area contributed by atoms with Gasteiger partial charge in [-0.15, -0.1) is 0 Å². The van der Waals surface area contributed by atoms with Gasteiger partial charge in [-0.05, 0) is 42.4 Å². The molecular formula is C28H30ClFN8O. The zero-order valence-corrected chi connectivity index (χ0v) is 22.2. The summed E-state index contributed by atoms with van der Waals surface area (Å²) in [7, 11) is 0. The molecule has 0 amide bonds. The first-order valence-electron chi connectivity index (χ1n) is 13.5. The van der Waals surface area contributed by atoms with Crippen molar-refractivity contribution >= 4 is 34.4 Å². The molecule has 11 heteroatoms. The van der Waals surface area contributed by atoms with Crippen LogP contribution in [0, 0.1) is 23.6 Å². The number of H-pyrrole nitrogens is 1. The van der Waals surface area contributed by atoms with E-state index in [-0.39, 0.29) is 29.7 Å². The molecule has 1 aliphatic carbocycles. The summed E-state index contributed by atoms with van der Waals surface area (Å²) >= 11 is 6.84. The lowest BCUT2D eigenvalue weighted by molar-refractivity contribution is 0.238. The molecule has 7 rings (SSSR count). The van der Waals surface area contributed by atoms with Crippen molar-refractivity contribution in [3.8, 4) is 11.3 Å². The predicted molar refractivity (Wildman–Crippen MR) is 148 cm³/mol. The molecule has 3 fully saturated rings. The van der Waals surface area contributed by atoms with Crippen molar-refractivity contribution in [2.24, 2.45) is 23.5 Å². The van der Waals surface area contributed by atoms with Crippen LogP contribution in [0.1, 0.15) is 18.4 Å². The van der Waals surface area contributed by atoms with Crippen molar-refractivity contribution in [1.29, 1.82) is 0 Å². The number of nitrogens with zero attached hydrogens (tertiary/aromatic N) is 6. The fraction of sp³-hybridized carbons (Fsp3) is 0.429. The highest BCUT2D eigenvalue weighted by atomic mass is 35.5. The molecular weight excluding hydrogens is 519 g/mol. The number of aromatic nitrogens is 5. The van der Waals surface area contributed by atoms with Crippen LogP contribution in [0.15, 0.2) is 42.7 Å². The number of piperidine rings is 1. The smallest absolute Gasteiger partial charge is 0.202 e. The molecule has 1 unspecified atom stereocenters. The Bertz CT molecular complexity index is 1550. The second-order valence-electron chi connectivity index (χ2n) is 11.0. The quantitative estimate of drug-likeness (QED) is 0.335. The van der Waals surface area contributed by atoms with Gasteiger partial charge in [-0.1, -0.05) is 29.8 Å². The molecule has 39 heavy (non-hydrogen) atoms. The lowest BCUT2D eigenvalue weighted by atomic mass is 9.91. The number of aliphatic hydroxyl groups excluding tert-OH is 1. The predicted octanol–water partition coefficient (Wildman–Crippen LogP) is 3.38. The molecule has 2 aliphatic heterocycles. The van der Waals surface area contributed by atoms with E-state index in [0.29, 0.717) is 40.2 Å². The molecule has 0 bridgehead atoms. The van der Waals surface area contributed by atoms with Gasteiger partial charge < -0.3 is 20.6 Å². The Balaban J connectivity index is 1.15. The lowest BCUT2D eigenvalue weighted by Gasteiger charge is -2.26. The summed E-state index contributed by atoms with van der Waals surface area (Å²) in [5.74, 6) is 2.14. The van der Waals surface area contributed by atoms with Crippen molar-refractivity contribution in [3.05, 3.63) is 59.1 Å². The van der Waals surface area contributed by atoms with E-state index in [0.717, 1.165) is 56.0 Å². The highest BCUT2D eigenvalue weighted by molar-refractivity contribution is 6.36. The van der Waals surface area contributed by atoms with Crippen molar-refractivity contribution < 1.29 is 9.50 Å². The van der Waals surface area contributed by atoms with Gasteiger partial charge in [0.15, 0.2) is 0 Å². The summed E-state index contributed by atoms with van der Waals surface area (Å²) in [5.41, 5.74) is 9.28. The van der Waals surface area contributed by atoms with E-state index in [1.165, 1.54) is 6.07 Å². The molecule has 3 aliphatic rings. The van der Waals surface area contributed by atoms with Crippen LogP contribution in [0.3, 0.4) is 0 Å². The number of aromatic amines is 1. The molecule has 1 aromatic carbocycles. The normalized spacial score (nSPS) is 26.3. The monoisotopic (exact) mass is 548 g/mol. The second kappa shape index (κ2) is 9.39. The summed E-state index contributed by atoms with van der Waals surface area (Å²) in [5, 5.41) is 17.6. The van der Waals surface area contributed by atoms with Crippen LogP contribution in [-0.2, 0) is 5.41 Å². The number of pyridine rings is 1. The number of rotatable bonds is 6. The maximum absolute atomic E-state index is 14.7. The number of aliphatic hydroxyl groups is 1. The highest BCUT2D eigenvalue weighted by Gasteiger charge is 2.66. The van der Waals surface area contributed by atoms with Gasteiger partial charge in [0.1, 0.15) is 23.0 Å². The van der Waals surface area contributed by atoms with Gasteiger partial charge in [0.25, 0.3) is 0 Å². The van der Waals surface area contributed by atoms with Crippen LogP contribution in [-0.4, -0.2) is 69.6 Å². The zero-order chi connectivity index (χ0) is 26.7. The number of nitrogens with two attached hydrogens (primary N) is 1. The minimum atomic E-state index is -0.320. The van der Waals surface area contributed by atoms with Gasteiger partial charge in [0, 0.05) is 62.4 Å². The third-order valence-electron chi connectivity index (χ3n) is 9.10. The third kappa shape index (κ3) is 3.80. The molecule has 1 saturated carbocycles. The van der Waals surface area contributed by atoms with E-state index in [2.05, 4.69) is 25.0 Å². The molecule has 4 N–H and O–H groups in total. The van der Waals surface area contributed by atoms with Gasteiger partial charge >= 0.3 is 0 Å². The molecule has 5 heterocycles. The Labute approximate surface area is 230 Å². The minimum Gasteiger partial charge on any atom is -0.396 e. The van der Waals surface area contributed by atoms with E-state index in [1.807, 2.05) is 18.2 Å². The standard InChI is InChI=1S/C28H30ClFN8O/c29-23-17(5-8-32-27(23)38-9-6-16(12-38)14-39)24-25-26(36-35-24)34-22(11-33-25)37-10-7-18-20(13-37)28(18,15-31)19-3-1-2-4-21(19)30/h1-5,8,11,16,18,20,39H,6-7,9-10,12-15,31H2,(H,34,35,36)/t16?,18-,20+,28-/m1/s1. The molecule has 3 aromatic heterocycles. The lowest BCUT2D eigenvalue weighted by Crippen LogP contribution is -2.32. The van der Waals surface area contributed by atoms with Crippen molar-refractivity contribution in [2.45, 2.75) is 18.3 Å². The van der Waals surface area contributed by atoms with Crippen LogP contribution in [0.2, 0.25) is 5.02 Å². The Kier molecular flexibility index (Phi) is 5.94. The third-order valence-corrected chi connectivity index (χ3v) is 9.47. The first-order valence-corrected chi connectivity index (χ1v) is 13.8. The Morgan fingerprint density at radius 3 is 2.74 bits per heavy atom. The van der Waals surface area contributed by atoms with Crippen molar-refractivity contribution in [1.82, 2.24) is 25.1 Å². The summed E-state index contributed by atoms with van der Waals surface area (Å²) in [6, 6.07) is 8.87. The summed E-state index contributed by atoms with van der Waals surface area (Å²) in [6.45, 7) is 3.66. The average molecular weight is 549 g/mol. The molecule has 2 saturated heterocycles. The number of hydrogen-bond donors (Lipinski definition) is 3. The van der Waals surface area contributed by atoms with E-state index >= 15 is 0 Å². The Morgan fingerprint density at radius 1 is 1.10 bits per heavy atom. The molecule has 202 valence electrons. The van der Waals surface area contributed by atoms with Crippen LogP contribution < -0.4 is 15.5 Å². The van der Waals surface area contributed by atoms with Gasteiger partial charge in [-0.25, -0.2) is 19.3 Å². The van der Waals surface area contributed by atoms with Crippen molar-refractivity contribution in [3.63, 3.8) is 0 Å². The maximum atomic E-state index is 14.7. The molecule has 0 spiro atoms. The highest BCUT2D eigenvalue weighted by Crippen LogP contribution is 2.63. The SMILES string of the molecule is NC[C@]1(c2ccccc2F)[C@@H]2CCN(c3cnc4c(-c5ccnc(N6CCC(CO)C6)c5Cl)[nH]nc4n3)C[C@@H]21. The van der Waals surface area contributed by atoms with Crippen LogP contribution >= 0.6 is 11.6 Å². The largest absolute Gasteiger partial charge is 0.396 e. The van der Waals surface area contributed by atoms with Crippen molar-refractivity contribution in [2.75, 3.05) is 49.1 Å². The Morgan fingerprint density at radius 2 is 1.95 bits per heavy atom. The molecule has 0 radical (unpaired) electrons. The number of hydrogen-bond acceptors (Lipinski definition) is 8. The van der Waals surface area contributed by atoms with Gasteiger partial charge in [0.05, 0.1) is 16.9 Å². The first kappa shape index (κ1) is 24.7. The molecule has 9 nitrogen and oxygen atoms in total. The van der Waals surface area contributed by atoms with E-state index in [9.17, 15) is 9.50 Å². The second-order valence-corrected chi connectivity index (χ2v) is 11.3. The summed E-state index contributed by atoms with van der Waals surface area (Å²) < 4.78 is 14.7.